The Labute approximate surface area is 247 Å². The smallest absolute Gasteiger partial charge is 0.0546 e. The summed E-state index contributed by atoms with van der Waals surface area (Å²) in [6.07, 6.45) is 0. The molecule has 0 aliphatic heterocycles. The molecular weight excluding hydrogens is 506 g/mol. The van der Waals surface area contributed by atoms with Crippen LogP contribution in [-0.4, -0.2) is 0 Å². The number of hydrogen-bond acceptors (Lipinski definition) is 1. The van der Waals surface area contributed by atoms with Gasteiger partial charge in [-0.2, -0.15) is 0 Å². The van der Waals surface area contributed by atoms with Gasteiger partial charge < -0.3 is 4.90 Å². The standard InChI is InChI=1S/C41H31N/c1-41(2)37-22-12-10-20-34(37)35-25-24-30(27-38(35)41)42(39-23-13-11-18-32(39)28-14-4-3-5-15-28)40-26-29-16-6-7-17-31(29)33-19-8-9-21-36(33)40/h3-27H,1-2H3. The van der Waals surface area contributed by atoms with Crippen molar-refractivity contribution in [3.05, 3.63) is 163 Å². The summed E-state index contributed by atoms with van der Waals surface area (Å²) in [4.78, 5) is 2.48. The van der Waals surface area contributed by atoms with Gasteiger partial charge >= 0.3 is 0 Å². The Kier molecular flexibility index (Phi) is 5.55. The lowest BCUT2D eigenvalue weighted by Crippen LogP contribution is -2.17. The Bertz CT molecular complexity index is 2120. The first kappa shape index (κ1) is 24.6. The van der Waals surface area contributed by atoms with Gasteiger partial charge in [0.05, 0.1) is 11.4 Å². The maximum absolute atomic E-state index is 2.48. The fraction of sp³-hybridized carbons (Fsp3) is 0.0732. The lowest BCUT2D eigenvalue weighted by molar-refractivity contribution is 0.660. The van der Waals surface area contributed by atoms with Gasteiger partial charge in [0.25, 0.3) is 0 Å². The molecule has 7 aromatic rings. The van der Waals surface area contributed by atoms with Crippen molar-refractivity contribution in [3.63, 3.8) is 0 Å². The summed E-state index contributed by atoms with van der Waals surface area (Å²) in [5, 5.41) is 5.02. The zero-order chi connectivity index (χ0) is 28.3. The first-order valence-corrected chi connectivity index (χ1v) is 14.7. The fourth-order valence-corrected chi connectivity index (χ4v) is 6.99. The van der Waals surface area contributed by atoms with Crippen molar-refractivity contribution in [3.8, 4) is 22.3 Å². The summed E-state index contributed by atoms with van der Waals surface area (Å²) >= 11 is 0. The predicted molar refractivity (Wildman–Crippen MR) is 179 cm³/mol. The van der Waals surface area contributed by atoms with E-state index in [9.17, 15) is 0 Å². The monoisotopic (exact) mass is 537 g/mol. The molecule has 0 radical (unpaired) electrons. The van der Waals surface area contributed by atoms with Gasteiger partial charge in [-0.25, -0.2) is 0 Å². The highest BCUT2D eigenvalue weighted by Crippen LogP contribution is 2.52. The summed E-state index contributed by atoms with van der Waals surface area (Å²) in [7, 11) is 0. The van der Waals surface area contributed by atoms with Gasteiger partial charge in [-0.3, -0.25) is 0 Å². The van der Waals surface area contributed by atoms with E-state index in [0.29, 0.717) is 0 Å². The molecule has 0 saturated heterocycles. The highest BCUT2D eigenvalue weighted by atomic mass is 15.1. The largest absolute Gasteiger partial charge is 0.309 e. The third-order valence-electron chi connectivity index (χ3n) is 9.04. The summed E-state index contributed by atoms with van der Waals surface area (Å²) in [6.45, 7) is 4.71. The van der Waals surface area contributed by atoms with Gasteiger partial charge in [0.2, 0.25) is 0 Å². The van der Waals surface area contributed by atoms with E-state index >= 15 is 0 Å². The lowest BCUT2D eigenvalue weighted by atomic mass is 9.82. The molecule has 0 heterocycles. The van der Waals surface area contributed by atoms with Crippen LogP contribution in [0.1, 0.15) is 25.0 Å². The Morgan fingerprint density at radius 1 is 0.429 bits per heavy atom. The van der Waals surface area contributed by atoms with Crippen molar-refractivity contribution in [2.45, 2.75) is 19.3 Å². The van der Waals surface area contributed by atoms with Gasteiger partial charge in [-0.15, -0.1) is 0 Å². The molecule has 0 spiro atoms. The summed E-state index contributed by atoms with van der Waals surface area (Å²) in [5.41, 5.74) is 11.3. The number of nitrogens with zero attached hydrogens (tertiary/aromatic N) is 1. The second-order valence-electron chi connectivity index (χ2n) is 11.8. The molecule has 0 N–H and O–H groups in total. The number of para-hydroxylation sites is 1. The molecule has 1 heteroatoms. The van der Waals surface area contributed by atoms with Crippen molar-refractivity contribution in [1.29, 1.82) is 0 Å². The number of fused-ring (bicyclic) bond motifs is 6. The normalized spacial score (nSPS) is 13.2. The fourth-order valence-electron chi connectivity index (χ4n) is 6.99. The lowest BCUT2D eigenvalue weighted by Gasteiger charge is -2.31. The highest BCUT2D eigenvalue weighted by molar-refractivity contribution is 6.15. The van der Waals surface area contributed by atoms with Crippen LogP contribution in [0, 0.1) is 0 Å². The van der Waals surface area contributed by atoms with Crippen LogP contribution >= 0.6 is 0 Å². The molecule has 1 aliphatic rings. The molecule has 0 saturated carbocycles. The summed E-state index contributed by atoms with van der Waals surface area (Å²) in [6, 6.07) is 55.4. The Morgan fingerprint density at radius 3 is 1.88 bits per heavy atom. The van der Waals surface area contributed by atoms with Gasteiger partial charge in [0.15, 0.2) is 0 Å². The molecule has 0 unspecified atom stereocenters. The number of rotatable bonds is 4. The average molecular weight is 538 g/mol. The van der Waals surface area contributed by atoms with Gasteiger partial charge in [0.1, 0.15) is 0 Å². The first-order chi connectivity index (χ1) is 20.6. The topological polar surface area (TPSA) is 3.24 Å². The zero-order valence-corrected chi connectivity index (χ0v) is 23.9. The maximum atomic E-state index is 2.48. The van der Waals surface area contributed by atoms with Gasteiger partial charge in [-0.1, -0.05) is 141 Å². The second kappa shape index (κ2) is 9.46. The van der Waals surface area contributed by atoms with Crippen molar-refractivity contribution in [2.24, 2.45) is 0 Å². The zero-order valence-electron chi connectivity index (χ0n) is 23.9. The van der Waals surface area contributed by atoms with E-state index in [1.54, 1.807) is 0 Å². The van der Waals surface area contributed by atoms with Crippen LogP contribution in [0.25, 0.3) is 43.8 Å². The van der Waals surface area contributed by atoms with Crippen molar-refractivity contribution < 1.29 is 0 Å². The van der Waals surface area contributed by atoms with E-state index in [1.807, 2.05) is 0 Å². The molecule has 1 nitrogen and oxygen atoms in total. The van der Waals surface area contributed by atoms with Crippen LogP contribution in [0.15, 0.2) is 152 Å². The van der Waals surface area contributed by atoms with Crippen LogP contribution in [0.5, 0.6) is 0 Å². The van der Waals surface area contributed by atoms with Crippen LogP contribution in [-0.2, 0) is 5.41 Å². The van der Waals surface area contributed by atoms with Crippen LogP contribution < -0.4 is 4.90 Å². The number of anilines is 3. The second-order valence-corrected chi connectivity index (χ2v) is 11.8. The molecule has 8 rings (SSSR count). The van der Waals surface area contributed by atoms with E-state index in [0.717, 1.165) is 5.69 Å². The molecule has 200 valence electrons. The van der Waals surface area contributed by atoms with Crippen molar-refractivity contribution >= 4 is 38.6 Å². The Morgan fingerprint density at radius 2 is 1.05 bits per heavy atom. The molecule has 0 fully saturated rings. The van der Waals surface area contributed by atoms with E-state index in [1.165, 1.54) is 66.3 Å². The van der Waals surface area contributed by atoms with Crippen molar-refractivity contribution in [2.75, 3.05) is 4.90 Å². The molecule has 42 heavy (non-hydrogen) atoms. The Hall–Kier alpha value is -5.14. The van der Waals surface area contributed by atoms with Crippen LogP contribution in [0.3, 0.4) is 0 Å². The average Bonchev–Trinajstić information content (AvgIpc) is 3.28. The first-order valence-electron chi connectivity index (χ1n) is 14.7. The highest BCUT2D eigenvalue weighted by Gasteiger charge is 2.36. The molecule has 0 atom stereocenters. The minimum Gasteiger partial charge on any atom is -0.309 e. The van der Waals surface area contributed by atoms with Gasteiger partial charge in [-0.05, 0) is 68.2 Å². The van der Waals surface area contributed by atoms with E-state index < -0.39 is 0 Å². The maximum Gasteiger partial charge on any atom is 0.0546 e. The summed E-state index contributed by atoms with van der Waals surface area (Å²) < 4.78 is 0. The molecular formula is C41H31N. The minimum atomic E-state index is -0.0853. The number of benzene rings is 7. The Balaban J connectivity index is 1.45. The van der Waals surface area contributed by atoms with Gasteiger partial charge in [0, 0.05) is 22.1 Å². The third-order valence-corrected chi connectivity index (χ3v) is 9.04. The predicted octanol–water partition coefficient (Wildman–Crippen LogP) is 11.4. The van der Waals surface area contributed by atoms with E-state index in [-0.39, 0.29) is 5.41 Å². The molecule has 0 bridgehead atoms. The van der Waals surface area contributed by atoms with Crippen molar-refractivity contribution in [1.82, 2.24) is 0 Å². The van der Waals surface area contributed by atoms with E-state index in [4.69, 9.17) is 0 Å². The minimum absolute atomic E-state index is 0.0853. The van der Waals surface area contributed by atoms with E-state index in [2.05, 4.69) is 170 Å². The molecule has 1 aliphatic carbocycles. The van der Waals surface area contributed by atoms with Crippen LogP contribution in [0.2, 0.25) is 0 Å². The third kappa shape index (κ3) is 3.71. The SMILES string of the molecule is CC1(C)c2ccccc2-c2ccc(N(c3ccccc3-c3ccccc3)c3cc4ccccc4c4ccccc34)cc21. The molecule has 0 aromatic heterocycles. The molecule has 7 aromatic carbocycles. The number of hydrogen-bond donors (Lipinski definition) is 0. The van der Waals surface area contributed by atoms with Crippen LogP contribution in [0.4, 0.5) is 17.1 Å². The quantitative estimate of drug-likeness (QED) is 0.202. The molecule has 0 amide bonds. The summed E-state index contributed by atoms with van der Waals surface area (Å²) in [5.74, 6) is 0.